The van der Waals surface area contributed by atoms with Crippen molar-refractivity contribution in [2.24, 2.45) is 0 Å². The average molecular weight is 550 g/mol. The van der Waals surface area contributed by atoms with Gasteiger partial charge >= 0.3 is 0 Å². The highest BCUT2D eigenvalue weighted by molar-refractivity contribution is 6.42. The minimum Gasteiger partial charge on any atom is -0.338 e. The molecule has 0 unspecified atom stereocenters. The number of amides is 2. The zero-order chi connectivity index (χ0) is 26.1. The van der Waals surface area contributed by atoms with Gasteiger partial charge in [0.1, 0.15) is 5.82 Å². The molecule has 0 aliphatic heterocycles. The quantitative estimate of drug-likeness (QED) is 0.207. The number of anilines is 2. The summed E-state index contributed by atoms with van der Waals surface area (Å²) >= 11 is 18.2. The lowest BCUT2D eigenvalue weighted by molar-refractivity contribution is 0.101. The fourth-order valence-corrected chi connectivity index (χ4v) is 4.26. The first-order chi connectivity index (χ1) is 17.8. The first-order valence-corrected chi connectivity index (χ1v) is 12.3. The Hall–Kier alpha value is -3.84. The van der Waals surface area contributed by atoms with E-state index in [2.05, 4.69) is 20.6 Å². The number of fused-ring (bicyclic) bond motifs is 1. The molecule has 9 heteroatoms. The van der Waals surface area contributed by atoms with Crippen LogP contribution in [0.3, 0.4) is 0 Å². The number of carbonyl (C=O) groups excluding carboxylic acids is 2. The third-order valence-corrected chi connectivity index (χ3v) is 6.93. The van der Waals surface area contributed by atoms with E-state index in [-0.39, 0.29) is 11.8 Å². The van der Waals surface area contributed by atoms with Crippen LogP contribution in [-0.2, 0) is 0 Å². The second-order valence-corrected chi connectivity index (χ2v) is 9.59. The number of hydrogen-bond donors (Lipinski definition) is 3. The van der Waals surface area contributed by atoms with Crippen molar-refractivity contribution in [1.82, 2.24) is 9.97 Å². The summed E-state index contributed by atoms with van der Waals surface area (Å²) in [6.07, 6.45) is 0. The summed E-state index contributed by atoms with van der Waals surface area (Å²) < 4.78 is 0. The molecule has 0 aliphatic rings. The molecular formula is C28H19Cl3N4O2. The van der Waals surface area contributed by atoms with Crippen molar-refractivity contribution in [2.75, 3.05) is 10.6 Å². The van der Waals surface area contributed by atoms with Gasteiger partial charge in [-0.25, -0.2) is 4.98 Å². The maximum Gasteiger partial charge on any atom is 0.255 e. The lowest BCUT2D eigenvalue weighted by Gasteiger charge is -2.10. The van der Waals surface area contributed by atoms with E-state index in [1.54, 1.807) is 54.6 Å². The highest BCUT2D eigenvalue weighted by atomic mass is 35.5. The number of aromatic nitrogens is 2. The number of aryl methyl sites for hydroxylation is 1. The van der Waals surface area contributed by atoms with Crippen molar-refractivity contribution in [3.05, 3.63) is 111 Å². The van der Waals surface area contributed by atoms with Crippen LogP contribution in [0.5, 0.6) is 0 Å². The molecule has 0 atom stereocenters. The molecule has 2 amide bonds. The molecule has 0 saturated heterocycles. The molecular weight excluding hydrogens is 531 g/mol. The zero-order valence-corrected chi connectivity index (χ0v) is 21.7. The third kappa shape index (κ3) is 5.32. The van der Waals surface area contributed by atoms with Crippen LogP contribution in [-0.4, -0.2) is 21.8 Å². The van der Waals surface area contributed by atoms with Gasteiger partial charge in [0.2, 0.25) is 0 Å². The van der Waals surface area contributed by atoms with Gasteiger partial charge < -0.3 is 15.6 Å². The van der Waals surface area contributed by atoms with Crippen molar-refractivity contribution in [2.45, 2.75) is 6.92 Å². The Morgan fingerprint density at radius 1 is 0.757 bits per heavy atom. The summed E-state index contributed by atoms with van der Waals surface area (Å²) in [4.78, 5) is 33.5. The van der Waals surface area contributed by atoms with Gasteiger partial charge in [-0.1, -0.05) is 53.0 Å². The van der Waals surface area contributed by atoms with Crippen LogP contribution in [0.2, 0.25) is 15.1 Å². The molecule has 1 heterocycles. The molecule has 6 nitrogen and oxygen atoms in total. The molecule has 3 N–H and O–H groups in total. The highest BCUT2D eigenvalue weighted by Gasteiger charge is 2.15. The molecule has 0 spiro atoms. The minimum absolute atomic E-state index is 0.280. The Balaban J connectivity index is 1.40. The summed E-state index contributed by atoms with van der Waals surface area (Å²) in [5, 5.41) is 7.01. The van der Waals surface area contributed by atoms with Gasteiger partial charge in [0.05, 0.1) is 26.8 Å². The molecule has 5 aromatic rings. The molecule has 0 fully saturated rings. The van der Waals surface area contributed by atoms with Crippen LogP contribution in [0.1, 0.15) is 26.3 Å². The van der Waals surface area contributed by atoms with Crippen molar-refractivity contribution < 1.29 is 9.59 Å². The number of nitrogens with zero attached hydrogens (tertiary/aromatic N) is 1. The molecule has 0 aliphatic carbocycles. The van der Waals surface area contributed by atoms with Gasteiger partial charge in [0, 0.05) is 27.4 Å². The Morgan fingerprint density at radius 3 is 2.22 bits per heavy atom. The van der Waals surface area contributed by atoms with Gasteiger partial charge in [-0.15, -0.1) is 0 Å². The molecule has 4 aromatic carbocycles. The monoisotopic (exact) mass is 548 g/mol. The number of imidazole rings is 1. The van der Waals surface area contributed by atoms with Crippen LogP contribution in [0.15, 0.2) is 78.9 Å². The van der Waals surface area contributed by atoms with Gasteiger partial charge in [-0.2, -0.15) is 0 Å². The van der Waals surface area contributed by atoms with Crippen LogP contribution in [0.4, 0.5) is 11.4 Å². The first-order valence-electron chi connectivity index (χ1n) is 11.2. The Morgan fingerprint density at radius 2 is 1.46 bits per heavy atom. The molecule has 1 aromatic heterocycles. The number of benzene rings is 4. The van der Waals surface area contributed by atoms with Crippen LogP contribution in [0, 0.1) is 6.92 Å². The number of hydrogen-bond acceptors (Lipinski definition) is 3. The fourth-order valence-electron chi connectivity index (χ4n) is 3.78. The number of aromatic amines is 1. The summed E-state index contributed by atoms with van der Waals surface area (Å²) in [5.74, 6) is -0.0273. The molecule has 184 valence electrons. The van der Waals surface area contributed by atoms with Gasteiger partial charge in [-0.3, -0.25) is 9.59 Å². The Bertz CT molecular complexity index is 1680. The predicted molar refractivity (Wildman–Crippen MR) is 150 cm³/mol. The SMILES string of the molecule is Cc1ccc(C(=O)Nc2ccccc2-c2nc3ccc(NC(=O)c4ccc(Cl)c(Cl)c4)cc3[nH]2)cc1Cl. The number of nitrogens with one attached hydrogen (secondary N) is 3. The predicted octanol–water partition coefficient (Wildman–Crippen LogP) is 8.00. The number of halogens is 3. The topological polar surface area (TPSA) is 86.9 Å². The first kappa shape index (κ1) is 24.8. The summed E-state index contributed by atoms with van der Waals surface area (Å²) in [7, 11) is 0. The van der Waals surface area contributed by atoms with E-state index in [4.69, 9.17) is 34.8 Å². The molecule has 0 bridgehead atoms. The zero-order valence-electron chi connectivity index (χ0n) is 19.4. The number of para-hydroxylation sites is 1. The van der Waals surface area contributed by atoms with E-state index < -0.39 is 0 Å². The van der Waals surface area contributed by atoms with Gasteiger partial charge in [-0.05, 0) is 73.2 Å². The lowest BCUT2D eigenvalue weighted by Crippen LogP contribution is -2.12. The fraction of sp³-hybridized carbons (Fsp3) is 0.0357. The van der Waals surface area contributed by atoms with Crippen LogP contribution < -0.4 is 10.6 Å². The smallest absolute Gasteiger partial charge is 0.255 e. The molecule has 0 radical (unpaired) electrons. The average Bonchev–Trinajstić information content (AvgIpc) is 3.31. The van der Waals surface area contributed by atoms with E-state index in [1.807, 2.05) is 25.1 Å². The van der Waals surface area contributed by atoms with E-state index >= 15 is 0 Å². The third-order valence-electron chi connectivity index (χ3n) is 5.79. The second kappa shape index (κ2) is 10.3. The standard InChI is InChI=1S/C28H19Cl3N4O2/c1-15-6-7-16(12-21(15)30)28(37)35-23-5-3-2-4-19(23)26-33-24-11-9-18(14-25(24)34-26)32-27(36)17-8-10-20(29)22(31)13-17/h2-14H,1H3,(H,32,36)(H,33,34)(H,35,37). The minimum atomic E-state index is -0.318. The van der Waals surface area contributed by atoms with Crippen molar-refractivity contribution in [1.29, 1.82) is 0 Å². The van der Waals surface area contributed by atoms with E-state index in [9.17, 15) is 9.59 Å². The lowest BCUT2D eigenvalue weighted by atomic mass is 10.1. The van der Waals surface area contributed by atoms with Crippen molar-refractivity contribution >= 4 is 69.0 Å². The maximum atomic E-state index is 12.9. The van der Waals surface area contributed by atoms with Crippen LogP contribution >= 0.6 is 34.8 Å². The van der Waals surface area contributed by atoms with Gasteiger partial charge in [0.15, 0.2) is 0 Å². The van der Waals surface area contributed by atoms with Crippen LogP contribution in [0.25, 0.3) is 22.4 Å². The Kier molecular flexibility index (Phi) is 6.89. The number of carbonyl (C=O) groups is 2. The largest absolute Gasteiger partial charge is 0.338 e. The van der Waals surface area contributed by atoms with E-state index in [1.165, 1.54) is 6.07 Å². The summed E-state index contributed by atoms with van der Waals surface area (Å²) in [5.41, 5.74) is 5.05. The second-order valence-electron chi connectivity index (χ2n) is 8.36. The maximum absolute atomic E-state index is 12.9. The Labute approximate surface area is 227 Å². The summed E-state index contributed by atoms with van der Waals surface area (Å²) in [6.45, 7) is 1.88. The van der Waals surface area contributed by atoms with Gasteiger partial charge in [0.25, 0.3) is 11.8 Å². The van der Waals surface area contributed by atoms with Crippen molar-refractivity contribution in [3.63, 3.8) is 0 Å². The molecule has 0 saturated carbocycles. The number of H-pyrrole nitrogens is 1. The normalized spacial score (nSPS) is 10.9. The van der Waals surface area contributed by atoms with E-state index in [0.29, 0.717) is 60.0 Å². The summed E-state index contributed by atoms with van der Waals surface area (Å²) in [6, 6.07) is 22.6. The molecule has 5 rings (SSSR count). The number of rotatable bonds is 5. The van der Waals surface area contributed by atoms with E-state index in [0.717, 1.165) is 5.56 Å². The van der Waals surface area contributed by atoms with Crippen molar-refractivity contribution in [3.8, 4) is 11.4 Å². The highest BCUT2D eigenvalue weighted by Crippen LogP contribution is 2.30. The molecule has 37 heavy (non-hydrogen) atoms.